The Labute approximate surface area is 170 Å². The number of nitrogens with zero attached hydrogens (tertiary/aromatic N) is 1. The van der Waals surface area contributed by atoms with Crippen LogP contribution >= 0.6 is 0 Å². The molecule has 0 spiro atoms. The van der Waals surface area contributed by atoms with Gasteiger partial charge in [-0.2, -0.15) is 0 Å². The molecule has 0 unspecified atom stereocenters. The van der Waals surface area contributed by atoms with E-state index in [1.165, 1.54) is 17.4 Å². The van der Waals surface area contributed by atoms with E-state index < -0.39 is 5.97 Å². The lowest BCUT2D eigenvalue weighted by Crippen LogP contribution is -2.38. The van der Waals surface area contributed by atoms with Crippen molar-refractivity contribution < 1.29 is 19.1 Å². The Morgan fingerprint density at radius 1 is 0.931 bits per heavy atom. The van der Waals surface area contributed by atoms with Crippen LogP contribution in [0.15, 0.2) is 54.6 Å². The van der Waals surface area contributed by atoms with Crippen molar-refractivity contribution in [2.45, 2.75) is 38.1 Å². The topological polar surface area (TPSA) is 75.7 Å². The summed E-state index contributed by atoms with van der Waals surface area (Å²) in [5.74, 6) is -1.32. The number of anilines is 1. The van der Waals surface area contributed by atoms with Gasteiger partial charge < -0.3 is 15.0 Å². The Kier molecular flexibility index (Phi) is 7.00. The number of nitrogens with one attached hydrogen (secondary N) is 1. The SMILES string of the molecule is CN(C(=O)c1ccccc1C(=O)OCC(=O)NC1CCCCC1)c1ccccc1. The summed E-state index contributed by atoms with van der Waals surface area (Å²) in [5, 5.41) is 2.91. The Hall–Kier alpha value is -3.15. The number of hydrogen-bond acceptors (Lipinski definition) is 4. The van der Waals surface area contributed by atoms with Gasteiger partial charge in [0, 0.05) is 18.8 Å². The molecular weight excluding hydrogens is 368 g/mol. The van der Waals surface area contributed by atoms with Crippen molar-refractivity contribution in [2.24, 2.45) is 0 Å². The Morgan fingerprint density at radius 3 is 2.24 bits per heavy atom. The highest BCUT2D eigenvalue weighted by molar-refractivity contribution is 6.12. The monoisotopic (exact) mass is 394 g/mol. The summed E-state index contributed by atoms with van der Waals surface area (Å²) in [4.78, 5) is 39.0. The third-order valence-corrected chi connectivity index (χ3v) is 5.13. The lowest BCUT2D eigenvalue weighted by atomic mass is 9.95. The van der Waals surface area contributed by atoms with Crippen molar-refractivity contribution in [1.29, 1.82) is 0 Å². The van der Waals surface area contributed by atoms with E-state index in [4.69, 9.17) is 4.74 Å². The predicted octanol–water partition coefficient (Wildman–Crippen LogP) is 3.57. The summed E-state index contributed by atoms with van der Waals surface area (Å²) in [7, 11) is 1.65. The van der Waals surface area contributed by atoms with Gasteiger partial charge in [0.05, 0.1) is 11.1 Å². The van der Waals surface area contributed by atoms with Crippen molar-refractivity contribution in [3.8, 4) is 0 Å². The van der Waals surface area contributed by atoms with Gasteiger partial charge in [0.15, 0.2) is 6.61 Å². The molecule has 0 atom stereocenters. The molecule has 0 aromatic heterocycles. The van der Waals surface area contributed by atoms with E-state index in [1.807, 2.05) is 30.3 Å². The van der Waals surface area contributed by atoms with Crippen LogP contribution in [0.3, 0.4) is 0 Å². The van der Waals surface area contributed by atoms with Crippen molar-refractivity contribution in [3.05, 3.63) is 65.7 Å². The van der Waals surface area contributed by atoms with Crippen molar-refractivity contribution in [1.82, 2.24) is 5.32 Å². The molecule has 2 aromatic rings. The standard InChI is InChI=1S/C23H26N2O4/c1-25(18-12-6-3-7-13-18)22(27)19-14-8-9-15-20(19)23(28)29-16-21(26)24-17-10-4-2-5-11-17/h3,6-9,12-15,17H,2,4-5,10-11,16H2,1H3,(H,24,26). The molecule has 2 amide bonds. The molecule has 1 saturated carbocycles. The molecule has 1 aliphatic rings. The van der Waals surface area contributed by atoms with Crippen LogP contribution in [-0.4, -0.2) is 37.5 Å². The summed E-state index contributed by atoms with van der Waals surface area (Å²) in [6.07, 6.45) is 5.33. The third kappa shape index (κ3) is 5.44. The maximum atomic E-state index is 12.9. The van der Waals surface area contributed by atoms with Crippen LogP contribution in [0.1, 0.15) is 52.8 Å². The quantitative estimate of drug-likeness (QED) is 0.760. The molecule has 0 radical (unpaired) electrons. The van der Waals surface area contributed by atoms with Crippen molar-refractivity contribution in [3.63, 3.8) is 0 Å². The van der Waals surface area contributed by atoms with E-state index in [-0.39, 0.29) is 35.6 Å². The second-order valence-corrected chi connectivity index (χ2v) is 7.22. The van der Waals surface area contributed by atoms with Crippen LogP contribution in [0.4, 0.5) is 5.69 Å². The number of benzene rings is 2. The first kappa shape index (κ1) is 20.6. The van der Waals surface area contributed by atoms with Gasteiger partial charge in [-0.3, -0.25) is 9.59 Å². The van der Waals surface area contributed by atoms with E-state index in [1.54, 1.807) is 25.2 Å². The fraction of sp³-hybridized carbons (Fsp3) is 0.348. The first-order valence-corrected chi connectivity index (χ1v) is 9.95. The first-order valence-electron chi connectivity index (χ1n) is 9.95. The van der Waals surface area contributed by atoms with E-state index in [2.05, 4.69) is 5.32 Å². The second kappa shape index (κ2) is 9.87. The molecule has 0 bridgehead atoms. The summed E-state index contributed by atoms with van der Waals surface area (Å²) >= 11 is 0. The average molecular weight is 394 g/mol. The predicted molar refractivity (Wildman–Crippen MR) is 111 cm³/mol. The number of ether oxygens (including phenoxy) is 1. The minimum Gasteiger partial charge on any atom is -0.452 e. The molecule has 0 heterocycles. The molecule has 1 fully saturated rings. The molecule has 0 saturated heterocycles. The zero-order valence-corrected chi connectivity index (χ0v) is 16.6. The van der Waals surface area contributed by atoms with Gasteiger partial charge in [-0.05, 0) is 37.1 Å². The molecule has 0 aliphatic heterocycles. The zero-order chi connectivity index (χ0) is 20.6. The number of para-hydroxylation sites is 1. The highest BCUT2D eigenvalue weighted by Gasteiger charge is 2.22. The van der Waals surface area contributed by atoms with E-state index in [9.17, 15) is 14.4 Å². The van der Waals surface area contributed by atoms with E-state index in [0.717, 1.165) is 25.7 Å². The summed E-state index contributed by atoms with van der Waals surface area (Å²) < 4.78 is 5.19. The van der Waals surface area contributed by atoms with Gasteiger partial charge in [-0.25, -0.2) is 4.79 Å². The fourth-order valence-corrected chi connectivity index (χ4v) is 3.52. The van der Waals surface area contributed by atoms with E-state index in [0.29, 0.717) is 5.69 Å². The fourth-order valence-electron chi connectivity index (χ4n) is 3.52. The maximum Gasteiger partial charge on any atom is 0.339 e. The molecule has 3 rings (SSSR count). The number of rotatable bonds is 6. The highest BCUT2D eigenvalue weighted by Crippen LogP contribution is 2.19. The van der Waals surface area contributed by atoms with Gasteiger partial charge in [0.1, 0.15) is 0 Å². The van der Waals surface area contributed by atoms with Crippen LogP contribution in [0, 0.1) is 0 Å². The molecule has 6 nitrogen and oxygen atoms in total. The maximum absolute atomic E-state index is 12.9. The second-order valence-electron chi connectivity index (χ2n) is 7.22. The van der Waals surface area contributed by atoms with Crippen LogP contribution < -0.4 is 10.2 Å². The molecule has 152 valence electrons. The Bertz CT molecular complexity index is 860. The number of esters is 1. The largest absolute Gasteiger partial charge is 0.452 e. The molecule has 1 aliphatic carbocycles. The lowest BCUT2D eigenvalue weighted by Gasteiger charge is -2.22. The Morgan fingerprint density at radius 2 is 1.55 bits per heavy atom. The number of carbonyl (C=O) groups is 3. The third-order valence-electron chi connectivity index (χ3n) is 5.13. The van der Waals surface area contributed by atoms with Gasteiger partial charge >= 0.3 is 5.97 Å². The summed E-state index contributed by atoms with van der Waals surface area (Å²) in [6.45, 7) is -0.355. The van der Waals surface area contributed by atoms with Gasteiger partial charge in [0.2, 0.25) is 0 Å². The normalized spacial score (nSPS) is 14.1. The summed E-state index contributed by atoms with van der Waals surface area (Å²) in [6, 6.07) is 15.8. The number of amides is 2. The van der Waals surface area contributed by atoms with Crippen LogP contribution in [-0.2, 0) is 9.53 Å². The lowest BCUT2D eigenvalue weighted by molar-refractivity contribution is -0.125. The van der Waals surface area contributed by atoms with Crippen molar-refractivity contribution >= 4 is 23.5 Å². The van der Waals surface area contributed by atoms with Crippen LogP contribution in [0.2, 0.25) is 0 Å². The molecule has 29 heavy (non-hydrogen) atoms. The van der Waals surface area contributed by atoms with Crippen LogP contribution in [0.5, 0.6) is 0 Å². The molecule has 1 N–H and O–H groups in total. The van der Waals surface area contributed by atoms with Gasteiger partial charge in [-0.1, -0.05) is 49.6 Å². The minimum atomic E-state index is -0.686. The van der Waals surface area contributed by atoms with Crippen LogP contribution in [0.25, 0.3) is 0 Å². The minimum absolute atomic E-state index is 0.144. The highest BCUT2D eigenvalue weighted by atomic mass is 16.5. The molecule has 6 heteroatoms. The summed E-state index contributed by atoms with van der Waals surface area (Å²) in [5.41, 5.74) is 1.09. The van der Waals surface area contributed by atoms with E-state index >= 15 is 0 Å². The molecule has 2 aromatic carbocycles. The average Bonchev–Trinajstić information content (AvgIpc) is 2.77. The van der Waals surface area contributed by atoms with Gasteiger partial charge in [0.25, 0.3) is 11.8 Å². The number of carbonyl (C=O) groups excluding carboxylic acids is 3. The first-order chi connectivity index (χ1) is 14.1. The Balaban J connectivity index is 1.63. The zero-order valence-electron chi connectivity index (χ0n) is 16.6. The van der Waals surface area contributed by atoms with Gasteiger partial charge in [-0.15, -0.1) is 0 Å². The van der Waals surface area contributed by atoms with Crippen molar-refractivity contribution in [2.75, 3.05) is 18.6 Å². The number of hydrogen-bond donors (Lipinski definition) is 1. The molecular formula is C23H26N2O4. The smallest absolute Gasteiger partial charge is 0.339 e.